The molecule has 0 saturated carbocycles. The first-order valence-electron chi connectivity index (χ1n) is 5.64. The Bertz CT molecular complexity index is 379. The molecule has 1 heterocycles. The van der Waals surface area contributed by atoms with Gasteiger partial charge in [-0.1, -0.05) is 6.07 Å². The predicted octanol–water partition coefficient (Wildman–Crippen LogP) is 0.803. The highest BCUT2D eigenvalue weighted by atomic mass is 16.1. The maximum Gasteiger partial charge on any atom is 0.270 e. The van der Waals surface area contributed by atoms with Gasteiger partial charge in [0.25, 0.3) is 5.91 Å². The Hall–Kier alpha value is -1.62. The predicted molar refractivity (Wildman–Crippen MR) is 69.3 cm³/mol. The van der Waals surface area contributed by atoms with Crippen LogP contribution in [0.15, 0.2) is 18.2 Å². The molecule has 94 valence electrons. The molecule has 0 aromatic carbocycles. The molecule has 1 aromatic rings. The maximum atomic E-state index is 11.8. The Morgan fingerprint density at radius 3 is 2.76 bits per heavy atom. The number of nitrogens with one attached hydrogen (secondary N) is 2. The van der Waals surface area contributed by atoms with Crippen LogP contribution in [-0.4, -0.2) is 49.5 Å². The quantitative estimate of drug-likeness (QED) is 0.794. The summed E-state index contributed by atoms with van der Waals surface area (Å²) in [6, 6.07) is 5.63. The zero-order chi connectivity index (χ0) is 12.8. The zero-order valence-electron chi connectivity index (χ0n) is 10.8. The minimum Gasteiger partial charge on any atom is -0.373 e. The van der Waals surface area contributed by atoms with Crippen LogP contribution in [0.25, 0.3) is 0 Å². The summed E-state index contributed by atoms with van der Waals surface area (Å²) in [6.07, 6.45) is 0. The van der Waals surface area contributed by atoms with Gasteiger partial charge in [0.1, 0.15) is 11.5 Å². The van der Waals surface area contributed by atoms with Crippen molar-refractivity contribution in [1.82, 2.24) is 15.2 Å². The minimum absolute atomic E-state index is 0.143. The summed E-state index contributed by atoms with van der Waals surface area (Å²) in [6.45, 7) is 2.66. The van der Waals surface area contributed by atoms with Crippen molar-refractivity contribution in [2.75, 3.05) is 33.0 Å². The second kappa shape index (κ2) is 6.20. The third kappa shape index (κ3) is 4.03. The second-order valence-corrected chi connectivity index (χ2v) is 4.18. The van der Waals surface area contributed by atoms with Gasteiger partial charge in [-0.05, 0) is 33.2 Å². The topological polar surface area (TPSA) is 57.3 Å². The van der Waals surface area contributed by atoms with Gasteiger partial charge in [0.2, 0.25) is 0 Å². The molecule has 0 aliphatic carbocycles. The Morgan fingerprint density at radius 1 is 1.47 bits per heavy atom. The second-order valence-electron chi connectivity index (χ2n) is 4.18. The van der Waals surface area contributed by atoms with Gasteiger partial charge >= 0.3 is 0 Å². The van der Waals surface area contributed by atoms with Crippen molar-refractivity contribution in [2.24, 2.45) is 0 Å². The summed E-state index contributed by atoms with van der Waals surface area (Å²) in [5.74, 6) is 0.550. The average molecular weight is 236 g/mol. The number of nitrogens with zero attached hydrogens (tertiary/aromatic N) is 2. The van der Waals surface area contributed by atoms with Gasteiger partial charge in [0.05, 0.1) is 0 Å². The number of hydrogen-bond donors (Lipinski definition) is 2. The highest BCUT2D eigenvalue weighted by Crippen LogP contribution is 2.03. The first kappa shape index (κ1) is 13.4. The molecular weight excluding hydrogens is 216 g/mol. The van der Waals surface area contributed by atoms with Crippen LogP contribution < -0.4 is 10.6 Å². The Morgan fingerprint density at radius 2 is 2.18 bits per heavy atom. The summed E-state index contributed by atoms with van der Waals surface area (Å²) in [7, 11) is 5.74. The lowest BCUT2D eigenvalue weighted by atomic mass is 10.3. The van der Waals surface area contributed by atoms with Crippen LogP contribution >= 0.6 is 0 Å². The minimum atomic E-state index is -0.143. The van der Waals surface area contributed by atoms with E-state index >= 15 is 0 Å². The van der Waals surface area contributed by atoms with Crippen LogP contribution in [0.2, 0.25) is 0 Å². The molecule has 1 rings (SSSR count). The molecule has 5 nitrogen and oxygen atoms in total. The van der Waals surface area contributed by atoms with Gasteiger partial charge in [-0.25, -0.2) is 4.98 Å². The molecule has 17 heavy (non-hydrogen) atoms. The number of likely N-dealkylation sites (N-methyl/N-ethyl adjacent to an activating group) is 1. The van der Waals surface area contributed by atoms with E-state index in [1.807, 2.05) is 26.2 Å². The van der Waals surface area contributed by atoms with E-state index in [4.69, 9.17) is 0 Å². The van der Waals surface area contributed by atoms with Crippen molar-refractivity contribution < 1.29 is 4.79 Å². The van der Waals surface area contributed by atoms with Gasteiger partial charge in [-0.3, -0.25) is 4.79 Å². The monoisotopic (exact) mass is 236 g/mol. The van der Waals surface area contributed by atoms with E-state index in [1.165, 1.54) is 0 Å². The highest BCUT2D eigenvalue weighted by molar-refractivity contribution is 5.92. The molecule has 0 spiro atoms. The molecule has 0 bridgehead atoms. The molecule has 1 unspecified atom stereocenters. The first-order valence-corrected chi connectivity index (χ1v) is 5.64. The molecule has 2 N–H and O–H groups in total. The summed E-state index contributed by atoms with van der Waals surface area (Å²) in [5, 5.41) is 5.77. The van der Waals surface area contributed by atoms with E-state index < -0.39 is 0 Å². The lowest BCUT2D eigenvalue weighted by Gasteiger charge is -2.19. The SMILES string of the molecule is CNc1cccc(C(=O)NCC(C)N(C)C)n1. The fourth-order valence-electron chi connectivity index (χ4n) is 1.21. The fourth-order valence-corrected chi connectivity index (χ4v) is 1.21. The lowest BCUT2D eigenvalue weighted by molar-refractivity contribution is 0.0939. The molecule has 1 atom stereocenters. The molecular formula is C12H20N4O. The van der Waals surface area contributed by atoms with E-state index in [2.05, 4.69) is 27.4 Å². The number of rotatable bonds is 5. The van der Waals surface area contributed by atoms with Crippen molar-refractivity contribution >= 4 is 11.7 Å². The van der Waals surface area contributed by atoms with Crippen molar-refractivity contribution in [3.8, 4) is 0 Å². The van der Waals surface area contributed by atoms with Gasteiger partial charge in [0, 0.05) is 19.6 Å². The van der Waals surface area contributed by atoms with Gasteiger partial charge < -0.3 is 15.5 Å². The Kier molecular flexibility index (Phi) is 4.90. The van der Waals surface area contributed by atoms with E-state index in [0.29, 0.717) is 24.1 Å². The van der Waals surface area contributed by atoms with Crippen LogP contribution in [0, 0.1) is 0 Å². The maximum absolute atomic E-state index is 11.8. The van der Waals surface area contributed by atoms with Crippen LogP contribution in [0.3, 0.4) is 0 Å². The molecule has 0 radical (unpaired) electrons. The lowest BCUT2D eigenvalue weighted by Crippen LogP contribution is -2.38. The molecule has 1 amide bonds. The van der Waals surface area contributed by atoms with E-state index in [1.54, 1.807) is 13.1 Å². The van der Waals surface area contributed by atoms with Crippen molar-refractivity contribution in [2.45, 2.75) is 13.0 Å². The first-order chi connectivity index (χ1) is 8.04. The number of aromatic nitrogens is 1. The van der Waals surface area contributed by atoms with Gasteiger partial charge in [0.15, 0.2) is 0 Å². The normalized spacial score (nSPS) is 12.3. The van der Waals surface area contributed by atoms with E-state index in [0.717, 1.165) is 0 Å². The van der Waals surface area contributed by atoms with E-state index in [-0.39, 0.29) is 5.91 Å². The number of carbonyl (C=O) groups excluding carboxylic acids is 1. The summed E-state index contributed by atoms with van der Waals surface area (Å²) < 4.78 is 0. The third-order valence-corrected chi connectivity index (χ3v) is 2.68. The Labute approximate surface area is 102 Å². The number of pyridine rings is 1. The van der Waals surface area contributed by atoms with Crippen LogP contribution in [0.4, 0.5) is 5.82 Å². The van der Waals surface area contributed by atoms with Gasteiger partial charge in [-0.2, -0.15) is 0 Å². The van der Waals surface area contributed by atoms with Crippen molar-refractivity contribution in [3.05, 3.63) is 23.9 Å². The highest BCUT2D eigenvalue weighted by Gasteiger charge is 2.10. The zero-order valence-corrected chi connectivity index (χ0v) is 10.8. The standard InChI is InChI=1S/C12H20N4O/c1-9(16(3)4)8-14-12(17)10-6-5-7-11(13-2)15-10/h5-7,9H,8H2,1-4H3,(H,13,15)(H,14,17). The molecule has 1 aromatic heterocycles. The Balaban J connectivity index is 2.57. The van der Waals surface area contributed by atoms with Crippen LogP contribution in [0.1, 0.15) is 17.4 Å². The third-order valence-electron chi connectivity index (χ3n) is 2.68. The van der Waals surface area contributed by atoms with Crippen LogP contribution in [-0.2, 0) is 0 Å². The number of anilines is 1. The van der Waals surface area contributed by atoms with Crippen molar-refractivity contribution in [1.29, 1.82) is 0 Å². The molecule has 0 fully saturated rings. The molecule has 5 heteroatoms. The summed E-state index contributed by atoms with van der Waals surface area (Å²) in [5.41, 5.74) is 0.433. The summed E-state index contributed by atoms with van der Waals surface area (Å²) >= 11 is 0. The molecule has 0 aliphatic rings. The van der Waals surface area contributed by atoms with Gasteiger partial charge in [-0.15, -0.1) is 0 Å². The average Bonchev–Trinajstić information content (AvgIpc) is 2.35. The largest absolute Gasteiger partial charge is 0.373 e. The molecule has 0 saturated heterocycles. The summed E-state index contributed by atoms with van der Waals surface area (Å²) in [4.78, 5) is 18.1. The number of hydrogen-bond acceptors (Lipinski definition) is 4. The van der Waals surface area contributed by atoms with Crippen molar-refractivity contribution in [3.63, 3.8) is 0 Å². The number of amides is 1. The number of carbonyl (C=O) groups is 1. The fraction of sp³-hybridized carbons (Fsp3) is 0.500. The smallest absolute Gasteiger partial charge is 0.270 e. The molecule has 0 aliphatic heterocycles. The van der Waals surface area contributed by atoms with Crippen LogP contribution in [0.5, 0.6) is 0 Å². The van der Waals surface area contributed by atoms with E-state index in [9.17, 15) is 4.79 Å².